The summed E-state index contributed by atoms with van der Waals surface area (Å²) >= 11 is 9.15. The van der Waals surface area contributed by atoms with Crippen molar-refractivity contribution in [2.75, 3.05) is 11.1 Å². The van der Waals surface area contributed by atoms with Gasteiger partial charge in [-0.05, 0) is 48.8 Å². The van der Waals surface area contributed by atoms with Gasteiger partial charge in [-0.1, -0.05) is 11.6 Å². The largest absolute Gasteiger partial charge is 0.444 e. The summed E-state index contributed by atoms with van der Waals surface area (Å²) in [6, 6.07) is 3.18. The van der Waals surface area contributed by atoms with Gasteiger partial charge in [0.25, 0.3) is 0 Å². The number of nitrogen functional groups attached to an aromatic ring is 1. The van der Waals surface area contributed by atoms with E-state index in [0.717, 1.165) is 0 Å². The van der Waals surface area contributed by atoms with Gasteiger partial charge in [-0.15, -0.1) is 0 Å². The molecule has 17 heavy (non-hydrogen) atoms. The highest BCUT2D eigenvalue weighted by molar-refractivity contribution is 9.10. The summed E-state index contributed by atoms with van der Waals surface area (Å²) in [4.78, 5) is 11.5. The second-order valence-electron chi connectivity index (χ2n) is 4.48. The molecule has 1 rings (SSSR count). The van der Waals surface area contributed by atoms with Crippen LogP contribution in [0.4, 0.5) is 16.2 Å². The molecule has 0 saturated heterocycles. The van der Waals surface area contributed by atoms with Crippen molar-refractivity contribution >= 4 is 45.0 Å². The van der Waals surface area contributed by atoms with E-state index in [0.29, 0.717) is 20.9 Å². The second kappa shape index (κ2) is 5.14. The predicted octanol–water partition coefficient (Wildman–Crippen LogP) is 4.03. The highest BCUT2D eigenvalue weighted by Crippen LogP contribution is 2.31. The number of hydrogen-bond donors (Lipinski definition) is 2. The molecule has 1 aromatic rings. The van der Waals surface area contributed by atoms with Crippen LogP contribution in [0.2, 0.25) is 5.02 Å². The third-order valence-corrected chi connectivity index (χ3v) is 2.93. The van der Waals surface area contributed by atoms with Crippen LogP contribution in [0.3, 0.4) is 0 Å². The summed E-state index contributed by atoms with van der Waals surface area (Å²) < 4.78 is 5.78. The van der Waals surface area contributed by atoms with E-state index in [9.17, 15) is 4.79 Å². The first-order chi connectivity index (χ1) is 7.69. The number of halogens is 2. The van der Waals surface area contributed by atoms with Crippen molar-refractivity contribution in [3.05, 3.63) is 21.6 Å². The Labute approximate surface area is 114 Å². The Kier molecular flexibility index (Phi) is 4.27. The first-order valence-electron chi connectivity index (χ1n) is 4.93. The van der Waals surface area contributed by atoms with Gasteiger partial charge in [0.2, 0.25) is 0 Å². The number of benzene rings is 1. The molecule has 4 nitrogen and oxygen atoms in total. The van der Waals surface area contributed by atoms with Crippen molar-refractivity contribution in [2.24, 2.45) is 0 Å². The third-order valence-electron chi connectivity index (χ3n) is 1.73. The molecule has 0 heterocycles. The maximum Gasteiger partial charge on any atom is 0.412 e. The van der Waals surface area contributed by atoms with Crippen LogP contribution in [-0.4, -0.2) is 11.7 Å². The Balaban J connectivity index is 2.82. The normalized spacial score (nSPS) is 11.1. The highest BCUT2D eigenvalue weighted by Gasteiger charge is 2.17. The molecule has 1 amide bonds. The van der Waals surface area contributed by atoms with Crippen molar-refractivity contribution in [1.82, 2.24) is 0 Å². The lowest BCUT2D eigenvalue weighted by Gasteiger charge is -2.20. The summed E-state index contributed by atoms with van der Waals surface area (Å²) in [5, 5.41) is 3.01. The molecule has 0 fully saturated rings. The Bertz CT molecular complexity index is 444. The van der Waals surface area contributed by atoms with Gasteiger partial charge in [-0.2, -0.15) is 0 Å². The fraction of sp³-hybridized carbons (Fsp3) is 0.364. The molecule has 3 N–H and O–H groups in total. The van der Waals surface area contributed by atoms with Crippen LogP contribution in [0.5, 0.6) is 0 Å². The average Bonchev–Trinajstić information content (AvgIpc) is 2.11. The van der Waals surface area contributed by atoms with E-state index in [4.69, 9.17) is 22.1 Å². The predicted molar refractivity (Wildman–Crippen MR) is 73.4 cm³/mol. The van der Waals surface area contributed by atoms with Crippen LogP contribution in [-0.2, 0) is 4.74 Å². The number of anilines is 2. The van der Waals surface area contributed by atoms with Crippen LogP contribution in [0.25, 0.3) is 0 Å². The van der Waals surface area contributed by atoms with Gasteiger partial charge in [0, 0.05) is 4.47 Å². The van der Waals surface area contributed by atoms with Gasteiger partial charge in [0.15, 0.2) is 0 Å². The number of carbonyl (C=O) groups is 1. The Hall–Kier alpha value is -0.940. The maximum absolute atomic E-state index is 11.5. The van der Waals surface area contributed by atoms with Crippen LogP contribution >= 0.6 is 27.5 Å². The SMILES string of the molecule is CC(C)(C)OC(=O)Nc1cc(Cl)c(Br)cc1N. The van der Waals surface area contributed by atoms with Crippen LogP contribution in [0.1, 0.15) is 20.8 Å². The molecule has 0 radical (unpaired) electrons. The van der Waals surface area contributed by atoms with Crippen molar-refractivity contribution in [3.8, 4) is 0 Å². The van der Waals surface area contributed by atoms with Gasteiger partial charge in [-0.25, -0.2) is 4.79 Å². The third kappa shape index (κ3) is 4.44. The average molecular weight is 322 g/mol. The molecule has 0 bridgehead atoms. The fourth-order valence-corrected chi connectivity index (χ4v) is 1.61. The van der Waals surface area contributed by atoms with Gasteiger partial charge < -0.3 is 10.5 Å². The van der Waals surface area contributed by atoms with E-state index >= 15 is 0 Å². The molecule has 0 aliphatic carbocycles. The second-order valence-corrected chi connectivity index (χ2v) is 5.74. The molecular formula is C11H14BrClN2O2. The Morgan fingerprint density at radius 2 is 2.06 bits per heavy atom. The smallest absolute Gasteiger partial charge is 0.412 e. The van der Waals surface area contributed by atoms with E-state index in [-0.39, 0.29) is 0 Å². The topological polar surface area (TPSA) is 64.3 Å². The quantitative estimate of drug-likeness (QED) is 0.767. The van der Waals surface area contributed by atoms with Crippen LogP contribution < -0.4 is 11.1 Å². The lowest BCUT2D eigenvalue weighted by atomic mass is 10.2. The lowest BCUT2D eigenvalue weighted by Crippen LogP contribution is -2.27. The molecule has 0 aliphatic rings. The van der Waals surface area contributed by atoms with E-state index in [2.05, 4.69) is 21.2 Å². The van der Waals surface area contributed by atoms with Crippen molar-refractivity contribution in [3.63, 3.8) is 0 Å². The molecule has 6 heteroatoms. The summed E-state index contributed by atoms with van der Waals surface area (Å²) in [5.74, 6) is 0. The molecule has 0 unspecified atom stereocenters. The van der Waals surface area contributed by atoms with Gasteiger partial charge >= 0.3 is 6.09 Å². The summed E-state index contributed by atoms with van der Waals surface area (Å²) in [6.07, 6.45) is -0.567. The van der Waals surface area contributed by atoms with E-state index < -0.39 is 11.7 Å². The van der Waals surface area contributed by atoms with Gasteiger partial charge in [0.1, 0.15) is 5.60 Å². The summed E-state index contributed by atoms with van der Waals surface area (Å²) in [7, 11) is 0. The van der Waals surface area contributed by atoms with Crippen LogP contribution in [0.15, 0.2) is 16.6 Å². The van der Waals surface area contributed by atoms with Crippen molar-refractivity contribution in [1.29, 1.82) is 0 Å². The lowest BCUT2D eigenvalue weighted by molar-refractivity contribution is 0.0636. The molecule has 94 valence electrons. The zero-order valence-corrected chi connectivity index (χ0v) is 12.1. The number of nitrogens with one attached hydrogen (secondary N) is 1. The molecule has 0 saturated carbocycles. The van der Waals surface area contributed by atoms with Gasteiger partial charge in [-0.3, -0.25) is 5.32 Å². The Morgan fingerprint density at radius 3 is 2.59 bits per heavy atom. The minimum absolute atomic E-state index is 0.409. The van der Waals surface area contributed by atoms with Crippen LogP contribution in [0, 0.1) is 0 Å². The monoisotopic (exact) mass is 320 g/mol. The number of rotatable bonds is 1. The number of hydrogen-bond acceptors (Lipinski definition) is 3. The summed E-state index contributed by atoms with van der Waals surface area (Å²) in [5.41, 5.74) is 6.02. The summed E-state index contributed by atoms with van der Waals surface area (Å²) in [6.45, 7) is 5.35. The zero-order chi connectivity index (χ0) is 13.2. The van der Waals surface area contributed by atoms with Crippen molar-refractivity contribution < 1.29 is 9.53 Å². The zero-order valence-electron chi connectivity index (χ0n) is 9.80. The van der Waals surface area contributed by atoms with E-state index in [1.165, 1.54) is 0 Å². The molecule has 0 aromatic heterocycles. The fourth-order valence-electron chi connectivity index (χ4n) is 1.08. The Morgan fingerprint density at radius 1 is 1.47 bits per heavy atom. The van der Waals surface area contributed by atoms with Gasteiger partial charge in [0.05, 0.1) is 16.4 Å². The number of nitrogens with two attached hydrogens (primary N) is 1. The number of carbonyl (C=O) groups excluding carboxylic acids is 1. The number of amides is 1. The molecule has 0 atom stereocenters. The molecular weight excluding hydrogens is 307 g/mol. The first-order valence-corrected chi connectivity index (χ1v) is 6.10. The number of ether oxygens (including phenoxy) is 1. The minimum Gasteiger partial charge on any atom is -0.444 e. The maximum atomic E-state index is 11.5. The molecule has 0 spiro atoms. The minimum atomic E-state index is -0.567. The van der Waals surface area contributed by atoms with Crippen molar-refractivity contribution in [2.45, 2.75) is 26.4 Å². The molecule has 0 aliphatic heterocycles. The van der Waals surface area contributed by atoms with E-state index in [1.54, 1.807) is 32.9 Å². The standard InChI is InChI=1S/C11H14BrClN2O2/c1-11(2,3)17-10(16)15-9-5-7(13)6(12)4-8(9)14/h4-5H,14H2,1-3H3,(H,15,16). The first kappa shape index (κ1) is 14.1. The van der Waals surface area contributed by atoms with E-state index in [1.807, 2.05) is 0 Å². The highest BCUT2D eigenvalue weighted by atomic mass is 79.9. The molecule has 1 aromatic carbocycles.